The molecule has 0 fully saturated rings. The fourth-order valence-corrected chi connectivity index (χ4v) is 4.89. The van der Waals surface area contributed by atoms with Crippen LogP contribution in [0.5, 0.6) is 0 Å². The number of halogens is 1. The third kappa shape index (κ3) is 6.45. The van der Waals surface area contributed by atoms with E-state index in [2.05, 4.69) is 9.12 Å². The molecule has 170 valence electrons. The molecule has 1 amide bonds. The zero-order valence-corrected chi connectivity index (χ0v) is 20.5. The molecule has 0 aromatic heterocycles. The molecule has 0 radical (unpaired) electrons. The lowest BCUT2D eigenvalue weighted by Gasteiger charge is -2.24. The number of nitrogens with two attached hydrogens (primary N) is 1. The average Bonchev–Trinajstić information content (AvgIpc) is 2.80. The van der Waals surface area contributed by atoms with Gasteiger partial charge >= 0.3 is 0 Å². The summed E-state index contributed by atoms with van der Waals surface area (Å²) in [7, 11) is 0.266. The number of carbonyl (C=O) groups excluding carboxylic acids is 1. The molecular weight excluding hydrogens is 464 g/mol. The Morgan fingerprint density at radius 2 is 2.22 bits per heavy atom. The highest BCUT2D eigenvalue weighted by atomic mass is 35.5. The van der Waals surface area contributed by atoms with Crippen LogP contribution in [0.3, 0.4) is 0 Å². The Kier molecular flexibility index (Phi) is 8.92. The first-order valence-electron chi connectivity index (χ1n) is 10.3. The molecule has 2 aliphatic rings. The van der Waals surface area contributed by atoms with Crippen LogP contribution in [-0.4, -0.2) is 34.3 Å². The van der Waals surface area contributed by atoms with Gasteiger partial charge in [0.1, 0.15) is 11.0 Å². The average molecular weight is 491 g/mol. The summed E-state index contributed by atoms with van der Waals surface area (Å²) in [5.41, 5.74) is 2.85. The van der Waals surface area contributed by atoms with E-state index in [0.29, 0.717) is 29.1 Å². The van der Waals surface area contributed by atoms with Crippen LogP contribution in [0, 0.1) is 5.92 Å². The van der Waals surface area contributed by atoms with Gasteiger partial charge in [-0.05, 0) is 54.7 Å². The maximum Gasteiger partial charge on any atom is 0.255 e. The van der Waals surface area contributed by atoms with Crippen LogP contribution < -0.4 is 9.86 Å². The van der Waals surface area contributed by atoms with Gasteiger partial charge in [-0.1, -0.05) is 42.8 Å². The first kappa shape index (κ1) is 24.5. The van der Waals surface area contributed by atoms with Crippen LogP contribution in [0.1, 0.15) is 35.7 Å². The number of aryl methyl sites for hydroxylation is 1. The van der Waals surface area contributed by atoms with Crippen molar-refractivity contribution in [3.63, 3.8) is 0 Å². The molecule has 3 rings (SSSR count). The quantitative estimate of drug-likeness (QED) is 0.507. The van der Waals surface area contributed by atoms with Gasteiger partial charge in [0.2, 0.25) is 0 Å². The van der Waals surface area contributed by atoms with Gasteiger partial charge in [-0.3, -0.25) is 9.93 Å². The third-order valence-electron chi connectivity index (χ3n) is 5.26. The Labute approximate surface area is 201 Å². The largest absolute Gasteiger partial charge is 0.341 e. The monoisotopic (exact) mass is 490 g/mol. The van der Waals surface area contributed by atoms with E-state index in [1.165, 1.54) is 0 Å². The number of nitrogens with one attached hydrogen (secondary N) is 1. The molecule has 9 heteroatoms. The van der Waals surface area contributed by atoms with Gasteiger partial charge in [-0.25, -0.2) is 8.61 Å². The molecule has 2 aliphatic carbocycles. The molecule has 0 saturated heterocycles. The predicted octanol–water partition coefficient (Wildman–Crippen LogP) is 4.90. The van der Waals surface area contributed by atoms with E-state index >= 15 is 0 Å². The summed E-state index contributed by atoms with van der Waals surface area (Å²) >= 11 is 6.88. The molecule has 0 bridgehead atoms. The number of carbonyl (C=O) groups is 1. The summed E-state index contributed by atoms with van der Waals surface area (Å²) in [6.07, 6.45) is 13.3. The van der Waals surface area contributed by atoms with Crippen molar-refractivity contribution in [1.29, 1.82) is 0 Å². The van der Waals surface area contributed by atoms with E-state index < -0.39 is 11.0 Å². The van der Waals surface area contributed by atoms with Gasteiger partial charge in [0.15, 0.2) is 0 Å². The molecule has 3 N–H and O–H groups in total. The van der Waals surface area contributed by atoms with Gasteiger partial charge in [-0.15, -0.1) is 0 Å². The molecular formula is C23H27ClN4O2S2. The topological polar surface area (TPSA) is 87.8 Å². The van der Waals surface area contributed by atoms with Crippen molar-refractivity contribution in [2.45, 2.75) is 26.2 Å². The Hall–Kier alpha value is -2.13. The van der Waals surface area contributed by atoms with Gasteiger partial charge in [0, 0.05) is 30.0 Å². The maximum atomic E-state index is 13.3. The zero-order chi connectivity index (χ0) is 23.1. The van der Waals surface area contributed by atoms with Gasteiger partial charge < -0.3 is 9.62 Å². The first-order chi connectivity index (χ1) is 15.4. The maximum absolute atomic E-state index is 13.3. The van der Waals surface area contributed by atoms with Gasteiger partial charge in [0.25, 0.3) is 5.91 Å². The fourth-order valence-electron chi connectivity index (χ4n) is 3.48. The number of benzene rings is 1. The third-order valence-corrected chi connectivity index (χ3v) is 7.04. The normalized spacial score (nSPS) is 20.0. The summed E-state index contributed by atoms with van der Waals surface area (Å²) < 4.78 is 20.2. The Morgan fingerprint density at radius 3 is 2.91 bits per heavy atom. The first-order valence-corrected chi connectivity index (χ1v) is 12.7. The van der Waals surface area contributed by atoms with Crippen molar-refractivity contribution in [3.8, 4) is 0 Å². The summed E-state index contributed by atoms with van der Waals surface area (Å²) in [6, 6.07) is 5.63. The number of rotatable bonds is 8. The summed E-state index contributed by atoms with van der Waals surface area (Å²) in [6.45, 7) is 2.61. The second kappa shape index (κ2) is 11.7. The minimum Gasteiger partial charge on any atom is -0.341 e. The molecule has 6 nitrogen and oxygen atoms in total. The highest BCUT2D eigenvalue weighted by molar-refractivity contribution is 7.95. The van der Waals surface area contributed by atoms with Crippen LogP contribution in [-0.2, 0) is 17.4 Å². The van der Waals surface area contributed by atoms with Crippen molar-refractivity contribution in [1.82, 2.24) is 4.90 Å². The molecule has 0 saturated carbocycles. The second-order valence-electron chi connectivity index (χ2n) is 7.59. The second-order valence-corrected chi connectivity index (χ2v) is 9.69. The van der Waals surface area contributed by atoms with Crippen molar-refractivity contribution in [3.05, 3.63) is 75.7 Å². The minimum absolute atomic E-state index is 0.125. The fraction of sp³-hybridized carbons (Fsp3) is 0.304. The Balaban J connectivity index is 1.77. The smallest absolute Gasteiger partial charge is 0.255 e. The van der Waals surface area contributed by atoms with Crippen molar-refractivity contribution < 1.29 is 9.00 Å². The van der Waals surface area contributed by atoms with Crippen LogP contribution in [0.25, 0.3) is 0 Å². The number of amides is 1. The summed E-state index contributed by atoms with van der Waals surface area (Å²) in [5.74, 6) is 0.0877. The molecule has 32 heavy (non-hydrogen) atoms. The molecule has 0 aliphatic heterocycles. The predicted molar refractivity (Wildman–Crippen MR) is 137 cm³/mol. The minimum atomic E-state index is -1.52. The van der Waals surface area contributed by atoms with Crippen LogP contribution >= 0.6 is 23.7 Å². The number of nitrogens with zero attached hydrogens (tertiary/aromatic N) is 2. The molecule has 0 spiro atoms. The lowest BCUT2D eigenvalue weighted by Crippen LogP contribution is -2.32. The number of hydrogen-bond acceptors (Lipinski definition) is 5. The molecule has 2 atom stereocenters. The van der Waals surface area contributed by atoms with E-state index in [-0.39, 0.29) is 11.8 Å². The van der Waals surface area contributed by atoms with E-state index in [1.54, 1.807) is 30.2 Å². The van der Waals surface area contributed by atoms with Gasteiger partial charge in [0.05, 0.1) is 29.1 Å². The standard InChI is InChI=1S/C23H27ClN4O2S2/c1-3-16-9-12-21(23(29)28(2)15-17-7-10-18(24)11-8-17)22(13-16)27-32(30)20-6-4-5-19(14-20)26-31-25/h4-7,9-13,17,27H,3,8,14-15,25H2,1-2H3/b26-19+. The lowest BCUT2D eigenvalue weighted by molar-refractivity contribution is 0.0782. The molecule has 2 unspecified atom stereocenters. The zero-order valence-electron chi connectivity index (χ0n) is 18.1. The van der Waals surface area contributed by atoms with Gasteiger partial charge in [-0.2, -0.15) is 0 Å². The van der Waals surface area contributed by atoms with Crippen molar-refractivity contribution >= 4 is 52.0 Å². The van der Waals surface area contributed by atoms with Crippen LogP contribution in [0.4, 0.5) is 5.69 Å². The highest BCUT2D eigenvalue weighted by Crippen LogP contribution is 2.25. The SMILES string of the molecule is CCc1ccc(C(=O)N(C)CC2C=CC(Cl)=CC2)c(NS(=O)C2=CC=C/C(=N\SN)C2)c1. The molecule has 1 aromatic carbocycles. The number of hydrogen-bond donors (Lipinski definition) is 2. The van der Waals surface area contributed by atoms with Crippen LogP contribution in [0.2, 0.25) is 0 Å². The van der Waals surface area contributed by atoms with Crippen molar-refractivity contribution in [2.75, 3.05) is 18.3 Å². The Morgan fingerprint density at radius 1 is 1.41 bits per heavy atom. The van der Waals surface area contributed by atoms with E-state index in [0.717, 1.165) is 41.3 Å². The number of anilines is 1. The van der Waals surface area contributed by atoms with Crippen molar-refractivity contribution in [2.24, 2.45) is 15.5 Å². The lowest BCUT2D eigenvalue weighted by atomic mass is 9.99. The molecule has 1 aromatic rings. The summed E-state index contributed by atoms with van der Waals surface area (Å²) in [5, 5.41) is 6.15. The Bertz CT molecular complexity index is 1050. The number of allylic oxidation sites excluding steroid dienone is 7. The van der Waals surface area contributed by atoms with E-state index in [1.807, 2.05) is 43.4 Å². The van der Waals surface area contributed by atoms with Crippen LogP contribution in [0.15, 0.2) is 69.0 Å². The van der Waals surface area contributed by atoms with E-state index in [4.69, 9.17) is 16.7 Å². The van der Waals surface area contributed by atoms with E-state index in [9.17, 15) is 9.00 Å². The summed E-state index contributed by atoms with van der Waals surface area (Å²) in [4.78, 5) is 15.6. The molecule has 0 heterocycles. The highest BCUT2D eigenvalue weighted by Gasteiger charge is 2.21.